The van der Waals surface area contributed by atoms with Crippen LogP contribution in [0.5, 0.6) is 0 Å². The number of allylic oxidation sites excluding steroid dienone is 1. The molecule has 1 unspecified atom stereocenters. The summed E-state index contributed by atoms with van der Waals surface area (Å²) in [5, 5.41) is 2.72. The second kappa shape index (κ2) is 42.8. The molecule has 0 radical (unpaired) electrons. The molecule has 0 aliphatic heterocycles. The number of carbonyl (C=O) groups is 1. The highest BCUT2D eigenvalue weighted by molar-refractivity contribution is 7.48. The van der Waals surface area contributed by atoms with Crippen LogP contribution in [0.3, 0.4) is 0 Å². The Kier molecular flexibility index (Phi) is 35.8. The Morgan fingerprint density at radius 1 is 0.508 bits per heavy atom. The Morgan fingerprint density at radius 2 is 0.873 bits per heavy atom. The minimum Gasteiger partial charge on any atom is -0.356 e. The van der Waals surface area contributed by atoms with Crippen LogP contribution in [0, 0.1) is 213 Å². The van der Waals surface area contributed by atoms with E-state index >= 15 is 0 Å². The molecule has 0 fully saturated rings. The average molecular weight is 824 g/mol. The van der Waals surface area contributed by atoms with Crippen LogP contribution >= 0.6 is 7.82 Å². The molecule has 1 amide bonds. The van der Waals surface area contributed by atoms with Gasteiger partial charge < -0.3 is 9.84 Å². The first kappa shape index (κ1) is 52.7. The summed E-state index contributed by atoms with van der Waals surface area (Å²) in [5.41, 5.74) is 18.7. The zero-order chi connectivity index (χ0) is 45.8. The molecule has 0 aromatic heterocycles. The number of unbranched alkanes of at least 4 members (excludes halogenated alkanes) is 3. The van der Waals surface area contributed by atoms with Gasteiger partial charge in [-0.15, -0.1) is 0 Å². The van der Waals surface area contributed by atoms with Crippen molar-refractivity contribution >= 4 is 13.7 Å². The van der Waals surface area contributed by atoms with E-state index < -0.39 is 7.82 Å². The SMILES string of the molecule is C=C=C=C=C=C=C=C=C(C#CC#CC#CC#CC#CC#CC#CC#CC#CC#CC#CC#CC#CC#CC#CC#CC#CC#COP(=O)(OC)OCCCCCCNC(C)=O)CC. The third kappa shape index (κ3) is 41.2. The van der Waals surface area contributed by atoms with E-state index in [-0.39, 0.29) is 12.5 Å². The summed E-state index contributed by atoms with van der Waals surface area (Å²) in [6, 6.07) is 0. The van der Waals surface area contributed by atoms with Gasteiger partial charge in [-0.25, -0.2) is 4.57 Å². The topological polar surface area (TPSA) is 73.9 Å². The highest BCUT2D eigenvalue weighted by Crippen LogP contribution is 2.48. The fourth-order valence-electron chi connectivity index (χ4n) is 2.80. The summed E-state index contributed by atoms with van der Waals surface area (Å²) in [4.78, 5) is 10.8. The molecule has 0 aromatic rings. The average Bonchev–Trinajstić information content (AvgIpc) is 3.28. The van der Waals surface area contributed by atoms with Crippen LogP contribution in [0.4, 0.5) is 0 Å². The lowest BCUT2D eigenvalue weighted by molar-refractivity contribution is -0.118. The Morgan fingerprint density at radius 3 is 1.25 bits per heavy atom. The van der Waals surface area contributed by atoms with E-state index in [1.54, 1.807) is 0 Å². The van der Waals surface area contributed by atoms with Gasteiger partial charge in [-0.05, 0) is 114 Å². The molecule has 0 aromatic carbocycles. The fourth-order valence-corrected chi connectivity index (χ4v) is 3.54. The van der Waals surface area contributed by atoms with Gasteiger partial charge in [0, 0.05) is 175 Å². The largest absolute Gasteiger partial charge is 0.538 e. The lowest BCUT2D eigenvalue weighted by Gasteiger charge is -2.12. The van der Waals surface area contributed by atoms with E-state index in [1.807, 2.05) is 6.92 Å². The van der Waals surface area contributed by atoms with E-state index in [2.05, 4.69) is 265 Å². The predicted octanol–water partition coefficient (Wildman–Crippen LogP) is 4.54. The normalized spacial score (nSPS) is 7.03. The van der Waals surface area contributed by atoms with Crippen molar-refractivity contribution in [2.45, 2.75) is 46.0 Å². The quantitative estimate of drug-likeness (QED) is 0.144. The molecule has 290 valence electrons. The molecule has 0 rings (SSSR count). The van der Waals surface area contributed by atoms with Crippen LogP contribution in [-0.4, -0.2) is 26.2 Å². The third-order valence-electron chi connectivity index (χ3n) is 5.31. The first-order chi connectivity index (χ1) is 31.0. The highest BCUT2D eigenvalue weighted by atomic mass is 31.2. The van der Waals surface area contributed by atoms with Gasteiger partial charge in [0.2, 0.25) is 5.91 Å². The minimum atomic E-state index is -3.81. The molecule has 7 heteroatoms. The monoisotopic (exact) mass is 823 g/mol. The van der Waals surface area contributed by atoms with Crippen LogP contribution in [0.2, 0.25) is 0 Å². The van der Waals surface area contributed by atoms with Crippen LogP contribution in [-0.2, 0) is 22.9 Å². The lowest BCUT2D eigenvalue weighted by atomic mass is 10.2. The van der Waals surface area contributed by atoms with E-state index in [0.29, 0.717) is 25.0 Å². The number of carbonyl (C=O) groups excluding carboxylic acids is 1. The number of amides is 1. The molecule has 0 saturated carbocycles. The number of hydrogen-bond donors (Lipinski definition) is 1. The molecule has 0 saturated heterocycles. The molecule has 0 bridgehead atoms. The summed E-state index contributed by atoms with van der Waals surface area (Å²) in [6.45, 7) is 7.52. The Bertz CT molecular complexity index is 3320. The van der Waals surface area contributed by atoms with E-state index in [0.717, 1.165) is 19.3 Å². The van der Waals surface area contributed by atoms with Gasteiger partial charge in [0.05, 0.1) is 12.2 Å². The van der Waals surface area contributed by atoms with E-state index in [9.17, 15) is 9.36 Å². The summed E-state index contributed by atoms with van der Waals surface area (Å²) in [6.07, 6.45) is 6.01. The number of nitrogens with one attached hydrogen (secondary N) is 1. The van der Waals surface area contributed by atoms with E-state index in [1.165, 1.54) is 14.0 Å². The number of phosphoric acid groups is 1. The summed E-state index contributed by atoms with van der Waals surface area (Å²) >= 11 is 0. The van der Waals surface area contributed by atoms with Crippen molar-refractivity contribution in [3.63, 3.8) is 0 Å². The van der Waals surface area contributed by atoms with Crippen molar-refractivity contribution in [1.29, 1.82) is 0 Å². The molecule has 63 heavy (non-hydrogen) atoms. The fraction of sp³-hybridized carbons (Fsp3) is 0.179. The van der Waals surface area contributed by atoms with Crippen LogP contribution in [0.1, 0.15) is 46.0 Å². The maximum atomic E-state index is 12.3. The molecule has 1 atom stereocenters. The molecule has 0 spiro atoms. The van der Waals surface area contributed by atoms with Gasteiger partial charge in [0.1, 0.15) is 6.11 Å². The number of phosphoric ester groups is 1. The van der Waals surface area contributed by atoms with Crippen molar-refractivity contribution in [2.24, 2.45) is 0 Å². The van der Waals surface area contributed by atoms with Gasteiger partial charge in [-0.1, -0.05) is 25.5 Å². The number of rotatable bonds is 11. The highest BCUT2D eigenvalue weighted by Gasteiger charge is 2.25. The van der Waals surface area contributed by atoms with Crippen molar-refractivity contribution in [3.8, 4) is 213 Å². The smallest absolute Gasteiger partial charge is 0.356 e. The number of hydrogen-bond acceptors (Lipinski definition) is 5. The van der Waals surface area contributed by atoms with E-state index in [4.69, 9.17) is 13.6 Å². The second-order valence-corrected chi connectivity index (χ2v) is 11.4. The predicted molar refractivity (Wildman–Crippen MR) is 243 cm³/mol. The molecule has 0 heterocycles. The van der Waals surface area contributed by atoms with Crippen LogP contribution in [0.25, 0.3) is 0 Å². The van der Waals surface area contributed by atoms with Crippen molar-refractivity contribution in [3.05, 3.63) is 52.3 Å². The minimum absolute atomic E-state index is 0.0603. The first-order valence-electron chi connectivity index (χ1n) is 17.6. The maximum Gasteiger partial charge on any atom is 0.538 e. The lowest BCUT2D eigenvalue weighted by Crippen LogP contribution is -2.20. The Labute approximate surface area is 372 Å². The summed E-state index contributed by atoms with van der Waals surface area (Å²) in [7, 11) is -2.62. The van der Waals surface area contributed by atoms with Crippen molar-refractivity contribution < 1.29 is 22.9 Å². The zero-order valence-corrected chi connectivity index (χ0v) is 35.0. The van der Waals surface area contributed by atoms with Gasteiger partial charge >= 0.3 is 7.82 Å². The van der Waals surface area contributed by atoms with Gasteiger partial charge in [-0.3, -0.25) is 13.8 Å². The first-order valence-corrected chi connectivity index (χ1v) is 19.1. The maximum absolute atomic E-state index is 12.3. The molecule has 0 aliphatic rings. The summed E-state index contributed by atoms with van der Waals surface area (Å²) in [5.74, 6) is 87.8. The Hall–Kier alpha value is -10.3. The van der Waals surface area contributed by atoms with Crippen LogP contribution in [0.15, 0.2) is 52.3 Å². The molecule has 0 aliphatic carbocycles. The standard InChI is InChI=1S/C56H26NO5P/c1-5-7-8-9-40-45-50-56(6-2)51-46-41-38-36-34-32-30-28-26-24-22-20-18-16-14-12-10-11-13-15-17-19-21-23-25-27-29-31-33-35-37-39-43-48-53-61-63(59,60-4)62-54-49-44-42-47-52-57-55(3)58/h1,6,42,44,47,49,52,54H2,2-4H3,(H,57,58). The zero-order valence-electron chi connectivity index (χ0n) is 34.1. The van der Waals surface area contributed by atoms with Gasteiger partial charge in [-0.2, -0.15) is 0 Å². The van der Waals surface area contributed by atoms with Crippen molar-refractivity contribution in [2.75, 3.05) is 20.3 Å². The molecule has 6 nitrogen and oxygen atoms in total. The summed E-state index contributed by atoms with van der Waals surface area (Å²) < 4.78 is 27.2. The second-order valence-electron chi connectivity index (χ2n) is 9.69. The molecular weight excluding hydrogens is 798 g/mol. The van der Waals surface area contributed by atoms with Gasteiger partial charge in [0.15, 0.2) is 0 Å². The van der Waals surface area contributed by atoms with Crippen LogP contribution < -0.4 is 5.32 Å². The molecule has 1 N–H and O–H groups in total. The van der Waals surface area contributed by atoms with Crippen molar-refractivity contribution in [1.82, 2.24) is 5.32 Å². The third-order valence-corrected chi connectivity index (χ3v) is 6.57. The molecular formula is C56H26NO5P. The van der Waals surface area contributed by atoms with Gasteiger partial charge in [0.25, 0.3) is 0 Å². The Balaban J connectivity index is 4.66.